The number of nitrogens with zero attached hydrogens (tertiary/aromatic N) is 3. The van der Waals surface area contributed by atoms with Gasteiger partial charge in [-0.3, -0.25) is 4.79 Å². The molecule has 2 heterocycles. The van der Waals surface area contributed by atoms with Gasteiger partial charge in [0, 0.05) is 25.3 Å². The predicted octanol–water partition coefficient (Wildman–Crippen LogP) is -1.28. The molecular weight excluding hydrogens is 182 g/mol. The normalized spacial score (nSPS) is 16.5. The van der Waals surface area contributed by atoms with Crippen LogP contribution >= 0.6 is 0 Å². The molecule has 0 aromatic carbocycles. The van der Waals surface area contributed by atoms with Gasteiger partial charge in [-0.15, -0.1) is 0 Å². The van der Waals surface area contributed by atoms with Crippen LogP contribution in [0.2, 0.25) is 0 Å². The van der Waals surface area contributed by atoms with Crippen molar-refractivity contribution in [2.24, 2.45) is 11.5 Å². The van der Waals surface area contributed by atoms with E-state index < -0.39 is 5.91 Å². The van der Waals surface area contributed by atoms with Crippen LogP contribution in [0.1, 0.15) is 10.5 Å². The van der Waals surface area contributed by atoms with Crippen molar-refractivity contribution in [1.82, 2.24) is 9.97 Å². The number of hydrogen-bond acceptors (Lipinski definition) is 5. The summed E-state index contributed by atoms with van der Waals surface area (Å²) >= 11 is 0. The average molecular weight is 193 g/mol. The molecule has 2 rings (SSSR count). The largest absolute Gasteiger partial charge is 0.364 e. The summed E-state index contributed by atoms with van der Waals surface area (Å²) in [5, 5.41) is 0. The van der Waals surface area contributed by atoms with Crippen LogP contribution in [-0.2, 0) is 0 Å². The third-order valence-corrected chi connectivity index (χ3v) is 2.09. The van der Waals surface area contributed by atoms with E-state index in [1.165, 1.54) is 12.3 Å². The molecule has 1 fully saturated rings. The van der Waals surface area contributed by atoms with Crippen molar-refractivity contribution in [3.8, 4) is 0 Å². The van der Waals surface area contributed by atoms with Crippen molar-refractivity contribution < 1.29 is 4.79 Å². The van der Waals surface area contributed by atoms with E-state index in [1.807, 2.05) is 4.90 Å². The van der Waals surface area contributed by atoms with E-state index in [0.29, 0.717) is 5.95 Å². The summed E-state index contributed by atoms with van der Waals surface area (Å²) in [5.74, 6) is -0.0264. The molecule has 0 spiro atoms. The minimum atomic E-state index is -0.543. The highest BCUT2D eigenvalue weighted by atomic mass is 16.1. The van der Waals surface area contributed by atoms with Crippen molar-refractivity contribution in [2.75, 3.05) is 18.0 Å². The zero-order valence-corrected chi connectivity index (χ0v) is 7.55. The Morgan fingerprint density at radius 2 is 2.29 bits per heavy atom. The molecule has 0 saturated carbocycles. The van der Waals surface area contributed by atoms with Crippen molar-refractivity contribution in [3.05, 3.63) is 18.0 Å². The second-order valence-electron chi connectivity index (χ2n) is 3.27. The molecule has 14 heavy (non-hydrogen) atoms. The zero-order valence-electron chi connectivity index (χ0n) is 7.55. The molecule has 1 amide bonds. The Balaban J connectivity index is 2.18. The van der Waals surface area contributed by atoms with Gasteiger partial charge in [-0.25, -0.2) is 9.97 Å². The second-order valence-corrected chi connectivity index (χ2v) is 3.27. The first kappa shape index (κ1) is 8.89. The lowest BCUT2D eigenvalue weighted by atomic mass is 10.1. The van der Waals surface area contributed by atoms with E-state index in [0.717, 1.165) is 13.1 Å². The number of primary amides is 1. The number of hydrogen-bond donors (Lipinski definition) is 2. The SMILES string of the molecule is NC(=O)c1ccnc(N2CC(N)C2)n1. The molecule has 4 N–H and O–H groups in total. The summed E-state index contributed by atoms with van der Waals surface area (Å²) in [4.78, 5) is 20.8. The van der Waals surface area contributed by atoms with Gasteiger partial charge in [0.25, 0.3) is 5.91 Å². The van der Waals surface area contributed by atoms with E-state index in [-0.39, 0.29) is 11.7 Å². The summed E-state index contributed by atoms with van der Waals surface area (Å²) in [5.41, 5.74) is 10.9. The third-order valence-electron chi connectivity index (χ3n) is 2.09. The molecule has 0 aliphatic carbocycles. The second kappa shape index (κ2) is 3.22. The fourth-order valence-corrected chi connectivity index (χ4v) is 1.31. The summed E-state index contributed by atoms with van der Waals surface area (Å²) in [7, 11) is 0. The van der Waals surface area contributed by atoms with Crippen LogP contribution in [0.15, 0.2) is 12.3 Å². The molecule has 1 aromatic rings. The Kier molecular flexibility index (Phi) is 2.05. The maximum Gasteiger partial charge on any atom is 0.267 e. The van der Waals surface area contributed by atoms with Crippen LogP contribution in [-0.4, -0.2) is 35.0 Å². The fourth-order valence-electron chi connectivity index (χ4n) is 1.31. The molecule has 1 aromatic heterocycles. The molecular formula is C8H11N5O. The highest BCUT2D eigenvalue weighted by molar-refractivity contribution is 5.90. The van der Waals surface area contributed by atoms with Crippen LogP contribution in [0.5, 0.6) is 0 Å². The highest BCUT2D eigenvalue weighted by Crippen LogP contribution is 2.14. The molecule has 6 heteroatoms. The summed E-state index contributed by atoms with van der Waals surface area (Å²) < 4.78 is 0. The quantitative estimate of drug-likeness (QED) is 0.609. The minimum absolute atomic E-state index is 0.177. The number of carbonyl (C=O) groups is 1. The standard InChI is InChI=1S/C8H11N5O/c9-5-3-13(4-5)8-11-2-1-6(12-8)7(10)14/h1-2,5H,3-4,9H2,(H2,10,14). The first-order valence-electron chi connectivity index (χ1n) is 4.30. The number of rotatable bonds is 2. The highest BCUT2D eigenvalue weighted by Gasteiger charge is 2.25. The van der Waals surface area contributed by atoms with Crippen LogP contribution in [0.4, 0.5) is 5.95 Å². The fraction of sp³-hybridized carbons (Fsp3) is 0.375. The smallest absolute Gasteiger partial charge is 0.267 e. The predicted molar refractivity (Wildman–Crippen MR) is 50.7 cm³/mol. The van der Waals surface area contributed by atoms with E-state index in [4.69, 9.17) is 11.5 Å². The van der Waals surface area contributed by atoms with Crippen LogP contribution in [0, 0.1) is 0 Å². The summed E-state index contributed by atoms with van der Waals surface area (Å²) in [6.45, 7) is 1.45. The molecule has 0 bridgehead atoms. The molecule has 1 saturated heterocycles. The van der Waals surface area contributed by atoms with Crippen LogP contribution in [0.25, 0.3) is 0 Å². The topological polar surface area (TPSA) is 98.1 Å². The van der Waals surface area contributed by atoms with Gasteiger partial charge in [0.2, 0.25) is 5.95 Å². The number of carbonyl (C=O) groups excluding carboxylic acids is 1. The number of nitrogens with two attached hydrogens (primary N) is 2. The van der Waals surface area contributed by atoms with Gasteiger partial charge in [-0.05, 0) is 6.07 Å². The molecule has 1 aliphatic rings. The van der Waals surface area contributed by atoms with Crippen molar-refractivity contribution in [2.45, 2.75) is 6.04 Å². The molecule has 1 aliphatic heterocycles. The summed E-state index contributed by atoms with van der Waals surface area (Å²) in [6.07, 6.45) is 1.52. The Morgan fingerprint density at radius 1 is 1.57 bits per heavy atom. The van der Waals surface area contributed by atoms with Gasteiger partial charge >= 0.3 is 0 Å². The lowest BCUT2D eigenvalue weighted by molar-refractivity contribution is 0.0995. The lowest BCUT2D eigenvalue weighted by Gasteiger charge is -2.36. The number of aromatic nitrogens is 2. The minimum Gasteiger partial charge on any atom is -0.364 e. The Bertz CT molecular complexity index is 361. The van der Waals surface area contributed by atoms with Gasteiger partial charge in [0.1, 0.15) is 5.69 Å². The molecule has 74 valence electrons. The Labute approximate surface area is 80.9 Å². The van der Waals surface area contributed by atoms with Crippen molar-refractivity contribution in [1.29, 1.82) is 0 Å². The number of amides is 1. The number of anilines is 1. The first-order chi connectivity index (χ1) is 6.66. The van der Waals surface area contributed by atoms with Crippen molar-refractivity contribution in [3.63, 3.8) is 0 Å². The van der Waals surface area contributed by atoms with Crippen LogP contribution in [0.3, 0.4) is 0 Å². The van der Waals surface area contributed by atoms with E-state index in [2.05, 4.69) is 9.97 Å². The van der Waals surface area contributed by atoms with Gasteiger partial charge < -0.3 is 16.4 Å². The molecule has 0 atom stereocenters. The zero-order chi connectivity index (χ0) is 10.1. The lowest BCUT2D eigenvalue weighted by Crippen LogP contribution is -2.56. The van der Waals surface area contributed by atoms with Gasteiger partial charge in [-0.1, -0.05) is 0 Å². The molecule has 0 radical (unpaired) electrons. The third kappa shape index (κ3) is 1.51. The Morgan fingerprint density at radius 3 is 2.86 bits per heavy atom. The maximum atomic E-state index is 10.8. The van der Waals surface area contributed by atoms with E-state index >= 15 is 0 Å². The van der Waals surface area contributed by atoms with Crippen molar-refractivity contribution >= 4 is 11.9 Å². The van der Waals surface area contributed by atoms with Gasteiger partial charge in [0.05, 0.1) is 0 Å². The monoisotopic (exact) mass is 193 g/mol. The molecule has 0 unspecified atom stereocenters. The van der Waals surface area contributed by atoms with E-state index in [9.17, 15) is 4.79 Å². The van der Waals surface area contributed by atoms with Gasteiger partial charge in [0.15, 0.2) is 0 Å². The van der Waals surface area contributed by atoms with E-state index in [1.54, 1.807) is 0 Å². The maximum absolute atomic E-state index is 10.8. The summed E-state index contributed by atoms with van der Waals surface area (Å²) in [6, 6.07) is 1.67. The van der Waals surface area contributed by atoms with Gasteiger partial charge in [-0.2, -0.15) is 0 Å². The first-order valence-corrected chi connectivity index (χ1v) is 4.30. The van der Waals surface area contributed by atoms with Crippen LogP contribution < -0.4 is 16.4 Å². The molecule has 6 nitrogen and oxygen atoms in total. The Hall–Kier alpha value is -1.69. The average Bonchev–Trinajstić information content (AvgIpc) is 2.13.